The second kappa shape index (κ2) is 7.08. The number of carboxylic acid groups (broad SMARTS) is 1. The van der Waals surface area contributed by atoms with Gasteiger partial charge in [-0.1, -0.05) is 36.4 Å². The topological polar surface area (TPSA) is 85.4 Å². The van der Waals surface area contributed by atoms with Crippen molar-refractivity contribution in [2.75, 3.05) is 16.8 Å². The number of carboxylic acids is 1. The van der Waals surface area contributed by atoms with E-state index in [1.165, 1.54) is 4.90 Å². The summed E-state index contributed by atoms with van der Waals surface area (Å²) in [4.78, 5) is 29.3. The highest BCUT2D eigenvalue weighted by molar-refractivity contribution is 6.15. The van der Waals surface area contributed by atoms with Gasteiger partial charge >= 0.3 is 5.97 Å². The lowest BCUT2D eigenvalue weighted by Gasteiger charge is -2.21. The van der Waals surface area contributed by atoms with Gasteiger partial charge in [0, 0.05) is 17.1 Å². The summed E-state index contributed by atoms with van der Waals surface area (Å²) in [6, 6.07) is 21.1. The fraction of sp³-hybridized carbons (Fsp3) is 0.0833. The van der Waals surface area contributed by atoms with Gasteiger partial charge in [0.15, 0.2) is 0 Å². The molecule has 0 unspecified atom stereocenters. The van der Waals surface area contributed by atoms with Crippen molar-refractivity contribution in [1.82, 2.24) is 4.98 Å². The number of nitrogens with zero attached hydrogens (tertiary/aromatic N) is 1. The Bertz CT molecular complexity index is 1290. The molecule has 2 heterocycles. The lowest BCUT2D eigenvalue weighted by molar-refractivity contribution is -0.135. The number of para-hydroxylation sites is 2. The predicted octanol–water partition coefficient (Wildman–Crippen LogP) is 4.55. The van der Waals surface area contributed by atoms with Crippen molar-refractivity contribution in [1.29, 1.82) is 0 Å². The maximum Gasteiger partial charge on any atom is 0.323 e. The molecular weight excluding hydrogens is 378 g/mol. The summed E-state index contributed by atoms with van der Waals surface area (Å²) < 4.78 is 0. The molecule has 6 heteroatoms. The molecule has 1 aromatic heterocycles. The van der Waals surface area contributed by atoms with E-state index < -0.39 is 12.5 Å². The summed E-state index contributed by atoms with van der Waals surface area (Å²) in [6.07, 6.45) is 2.66. The standard InChI is InChI=1S/C24H19N3O3/c28-23(29)14-27-22-12-15(11-16-13-25-19-7-3-1-5-17(16)19)9-10-21(22)26-20-8-4-2-6-18(20)24(27)30/h1-10,12-13,25-26H,11,14H2,(H,28,29). The zero-order valence-electron chi connectivity index (χ0n) is 16.1. The summed E-state index contributed by atoms with van der Waals surface area (Å²) >= 11 is 0. The van der Waals surface area contributed by atoms with E-state index >= 15 is 0 Å². The monoisotopic (exact) mass is 397 g/mol. The van der Waals surface area contributed by atoms with Crippen molar-refractivity contribution in [2.45, 2.75) is 6.42 Å². The van der Waals surface area contributed by atoms with Crippen molar-refractivity contribution in [3.8, 4) is 0 Å². The SMILES string of the molecule is O=C(O)CN1C(=O)c2ccccc2Nc2ccc(Cc3c[nH]c4ccccc34)cc21. The average molecular weight is 397 g/mol. The van der Waals surface area contributed by atoms with Crippen molar-refractivity contribution in [3.05, 3.63) is 89.6 Å². The van der Waals surface area contributed by atoms with Crippen LogP contribution in [0.1, 0.15) is 21.5 Å². The van der Waals surface area contributed by atoms with Crippen LogP contribution in [0.25, 0.3) is 10.9 Å². The van der Waals surface area contributed by atoms with Crippen molar-refractivity contribution >= 4 is 39.8 Å². The molecule has 148 valence electrons. The largest absolute Gasteiger partial charge is 0.480 e. The van der Waals surface area contributed by atoms with Gasteiger partial charge in [0.05, 0.1) is 22.6 Å². The van der Waals surface area contributed by atoms with Gasteiger partial charge in [-0.15, -0.1) is 0 Å². The van der Waals surface area contributed by atoms with Crippen LogP contribution in [-0.4, -0.2) is 28.5 Å². The van der Waals surface area contributed by atoms with Gasteiger partial charge in [0.1, 0.15) is 6.54 Å². The molecule has 1 aliphatic rings. The van der Waals surface area contributed by atoms with Crippen LogP contribution in [-0.2, 0) is 11.2 Å². The Morgan fingerprint density at radius 3 is 2.63 bits per heavy atom. The third kappa shape index (κ3) is 3.08. The molecule has 4 aromatic rings. The van der Waals surface area contributed by atoms with E-state index in [1.54, 1.807) is 12.1 Å². The molecule has 3 N–H and O–H groups in total. The van der Waals surface area contributed by atoms with Crippen LogP contribution in [0.15, 0.2) is 72.9 Å². The number of benzene rings is 3. The number of aromatic amines is 1. The fourth-order valence-corrected chi connectivity index (χ4v) is 3.98. The normalized spacial score (nSPS) is 12.8. The summed E-state index contributed by atoms with van der Waals surface area (Å²) in [5.41, 5.74) is 5.60. The molecular formula is C24H19N3O3. The molecule has 0 spiro atoms. The number of amides is 1. The third-order valence-electron chi connectivity index (χ3n) is 5.39. The van der Waals surface area contributed by atoms with Crippen LogP contribution in [0.3, 0.4) is 0 Å². The minimum atomic E-state index is -1.06. The zero-order chi connectivity index (χ0) is 20.7. The Kier molecular flexibility index (Phi) is 4.25. The molecule has 30 heavy (non-hydrogen) atoms. The number of carbonyl (C=O) groups is 2. The second-order valence-corrected chi connectivity index (χ2v) is 7.34. The Morgan fingerprint density at radius 2 is 1.77 bits per heavy atom. The Balaban J connectivity index is 1.58. The molecule has 0 atom stereocenters. The smallest absolute Gasteiger partial charge is 0.323 e. The fourth-order valence-electron chi connectivity index (χ4n) is 3.98. The van der Waals surface area contributed by atoms with E-state index in [9.17, 15) is 14.7 Å². The highest BCUT2D eigenvalue weighted by atomic mass is 16.4. The molecule has 0 fully saturated rings. The second-order valence-electron chi connectivity index (χ2n) is 7.34. The number of H-pyrrole nitrogens is 1. The van der Waals surface area contributed by atoms with Gasteiger partial charge in [-0.05, 0) is 47.9 Å². The van der Waals surface area contributed by atoms with E-state index in [0.717, 1.165) is 22.0 Å². The van der Waals surface area contributed by atoms with E-state index in [4.69, 9.17) is 0 Å². The van der Waals surface area contributed by atoms with Gasteiger partial charge in [0.2, 0.25) is 0 Å². The van der Waals surface area contributed by atoms with Gasteiger partial charge < -0.3 is 15.4 Å². The molecule has 1 aliphatic heterocycles. The molecule has 0 saturated heterocycles. The number of hydrogen-bond donors (Lipinski definition) is 3. The van der Waals surface area contributed by atoms with Gasteiger partial charge in [-0.25, -0.2) is 0 Å². The molecule has 0 bridgehead atoms. The number of hydrogen-bond acceptors (Lipinski definition) is 3. The lowest BCUT2D eigenvalue weighted by atomic mass is 10.0. The minimum absolute atomic E-state index is 0.330. The number of carbonyl (C=O) groups excluding carboxylic acids is 1. The van der Waals surface area contributed by atoms with Crippen LogP contribution < -0.4 is 10.2 Å². The first-order valence-electron chi connectivity index (χ1n) is 9.68. The van der Waals surface area contributed by atoms with Crippen LogP contribution in [0.5, 0.6) is 0 Å². The Labute approximate surface area is 172 Å². The van der Waals surface area contributed by atoms with Crippen LogP contribution >= 0.6 is 0 Å². The lowest BCUT2D eigenvalue weighted by Crippen LogP contribution is -2.35. The number of rotatable bonds is 4. The molecule has 0 aliphatic carbocycles. The number of fused-ring (bicyclic) bond motifs is 3. The quantitative estimate of drug-likeness (QED) is 0.472. The average Bonchev–Trinajstić information content (AvgIpc) is 3.11. The Morgan fingerprint density at radius 1 is 0.967 bits per heavy atom. The molecule has 3 aromatic carbocycles. The molecule has 0 radical (unpaired) electrons. The number of aromatic nitrogens is 1. The highest BCUT2D eigenvalue weighted by Gasteiger charge is 2.28. The molecule has 0 saturated carbocycles. The van der Waals surface area contributed by atoms with Crippen molar-refractivity contribution in [2.24, 2.45) is 0 Å². The van der Waals surface area contributed by atoms with Crippen LogP contribution in [0.4, 0.5) is 17.1 Å². The summed E-state index contributed by atoms with van der Waals surface area (Å²) in [5.74, 6) is -1.39. The summed E-state index contributed by atoms with van der Waals surface area (Å²) in [7, 11) is 0. The third-order valence-corrected chi connectivity index (χ3v) is 5.39. The summed E-state index contributed by atoms with van der Waals surface area (Å²) in [5, 5.41) is 13.9. The van der Waals surface area contributed by atoms with E-state index in [1.807, 2.05) is 54.7 Å². The Hall–Kier alpha value is -4.06. The highest BCUT2D eigenvalue weighted by Crippen LogP contribution is 2.37. The first-order valence-corrected chi connectivity index (χ1v) is 9.68. The predicted molar refractivity (Wildman–Crippen MR) is 117 cm³/mol. The van der Waals surface area contributed by atoms with E-state index in [2.05, 4.69) is 16.4 Å². The zero-order valence-corrected chi connectivity index (χ0v) is 16.1. The first kappa shape index (κ1) is 18.0. The maximum atomic E-state index is 13.2. The maximum absolute atomic E-state index is 13.2. The number of anilines is 3. The molecule has 6 nitrogen and oxygen atoms in total. The van der Waals surface area contributed by atoms with E-state index in [0.29, 0.717) is 29.0 Å². The van der Waals surface area contributed by atoms with Gasteiger partial charge in [-0.2, -0.15) is 0 Å². The molecule has 1 amide bonds. The molecule has 5 rings (SSSR count). The van der Waals surface area contributed by atoms with Gasteiger partial charge in [0.25, 0.3) is 5.91 Å². The van der Waals surface area contributed by atoms with Gasteiger partial charge in [-0.3, -0.25) is 14.5 Å². The van der Waals surface area contributed by atoms with Crippen LogP contribution in [0, 0.1) is 0 Å². The number of aliphatic carboxylic acids is 1. The first-order chi connectivity index (χ1) is 14.6. The minimum Gasteiger partial charge on any atom is -0.480 e. The van der Waals surface area contributed by atoms with Crippen molar-refractivity contribution < 1.29 is 14.7 Å². The van der Waals surface area contributed by atoms with Crippen LogP contribution in [0.2, 0.25) is 0 Å². The van der Waals surface area contributed by atoms with E-state index in [-0.39, 0.29) is 5.91 Å². The van der Waals surface area contributed by atoms with Crippen molar-refractivity contribution in [3.63, 3.8) is 0 Å². The summed E-state index contributed by atoms with van der Waals surface area (Å²) in [6.45, 7) is -0.404. The number of nitrogens with one attached hydrogen (secondary N) is 2.